The molecule has 1 amide bonds. The Morgan fingerprint density at radius 3 is 2.76 bits per heavy atom. The molecule has 3 N–H and O–H groups in total. The van der Waals surface area contributed by atoms with Crippen LogP contribution >= 0.6 is 0 Å². The third-order valence-corrected chi connectivity index (χ3v) is 4.66. The number of carbonyl (C=O) groups is 1. The number of aliphatic hydroxyl groups is 2. The van der Waals surface area contributed by atoms with E-state index in [4.69, 9.17) is 9.84 Å². The highest BCUT2D eigenvalue weighted by molar-refractivity contribution is 5.91. The summed E-state index contributed by atoms with van der Waals surface area (Å²) in [6.07, 6.45) is 0.960. The quantitative estimate of drug-likeness (QED) is 0.672. The zero-order valence-electron chi connectivity index (χ0n) is 13.5. The van der Waals surface area contributed by atoms with Crippen LogP contribution in [0.2, 0.25) is 0 Å². The molecule has 1 aliphatic carbocycles. The van der Waals surface area contributed by atoms with Crippen molar-refractivity contribution in [2.24, 2.45) is 5.92 Å². The lowest BCUT2D eigenvalue weighted by Gasteiger charge is -2.16. The Labute approximate surface area is 142 Å². The zero-order chi connectivity index (χ0) is 18.1. The largest absolute Gasteiger partial charge is 0.394 e. The van der Waals surface area contributed by atoms with Crippen LogP contribution < -0.4 is 11.0 Å². The Balaban J connectivity index is 1.82. The number of nitrogens with zero attached hydrogens (tertiary/aromatic N) is 2. The van der Waals surface area contributed by atoms with Gasteiger partial charge in [-0.3, -0.25) is 9.36 Å². The predicted molar refractivity (Wildman–Crippen MR) is 85.2 cm³/mol. The number of nitrogens with one attached hydrogen (secondary N) is 1. The van der Waals surface area contributed by atoms with Crippen LogP contribution in [0.3, 0.4) is 0 Å². The molecule has 0 radical (unpaired) electrons. The van der Waals surface area contributed by atoms with Gasteiger partial charge in [0.1, 0.15) is 12.2 Å². The van der Waals surface area contributed by atoms with Crippen LogP contribution in [0.5, 0.6) is 0 Å². The fraction of sp³-hybridized carbons (Fsp3) is 0.562. The second kappa shape index (κ2) is 7.03. The van der Waals surface area contributed by atoms with Crippen LogP contribution in [0.4, 0.5) is 10.2 Å². The third-order valence-electron chi connectivity index (χ3n) is 4.66. The van der Waals surface area contributed by atoms with Gasteiger partial charge >= 0.3 is 5.69 Å². The normalized spacial score (nSPS) is 27.0. The Bertz CT molecular complexity index is 744. The molecule has 0 spiro atoms. The van der Waals surface area contributed by atoms with Gasteiger partial charge in [0.05, 0.1) is 12.8 Å². The van der Waals surface area contributed by atoms with E-state index in [-0.39, 0.29) is 17.4 Å². The SMILES string of the molecule is C=C1[C@H](n2cc(F)c(NC(=O)C3CCCC3)nc2=O)O[C@H](CO)[C@H]1O. The van der Waals surface area contributed by atoms with Gasteiger partial charge in [-0.25, -0.2) is 9.18 Å². The van der Waals surface area contributed by atoms with Crippen molar-refractivity contribution in [3.05, 3.63) is 34.7 Å². The number of carbonyl (C=O) groups excluding carboxylic acids is 1. The van der Waals surface area contributed by atoms with Crippen molar-refractivity contribution in [2.75, 3.05) is 11.9 Å². The number of rotatable bonds is 4. The molecule has 0 unspecified atom stereocenters. The lowest BCUT2D eigenvalue weighted by atomic mass is 10.1. The van der Waals surface area contributed by atoms with Crippen LogP contribution in [-0.4, -0.2) is 44.5 Å². The van der Waals surface area contributed by atoms with E-state index < -0.39 is 42.4 Å². The van der Waals surface area contributed by atoms with Crippen molar-refractivity contribution in [3.8, 4) is 0 Å². The Hall–Kier alpha value is -2.10. The summed E-state index contributed by atoms with van der Waals surface area (Å²) in [6, 6.07) is 0. The fourth-order valence-electron chi connectivity index (χ4n) is 3.21. The molecule has 25 heavy (non-hydrogen) atoms. The molecular formula is C16H20FN3O5. The van der Waals surface area contributed by atoms with Crippen molar-refractivity contribution >= 4 is 11.7 Å². The minimum Gasteiger partial charge on any atom is -0.394 e. The topological polar surface area (TPSA) is 114 Å². The van der Waals surface area contributed by atoms with Gasteiger partial charge in [0, 0.05) is 11.5 Å². The summed E-state index contributed by atoms with van der Waals surface area (Å²) in [7, 11) is 0. The maximum atomic E-state index is 14.3. The molecule has 1 aromatic heterocycles. The summed E-state index contributed by atoms with van der Waals surface area (Å²) in [6.45, 7) is 3.14. The summed E-state index contributed by atoms with van der Waals surface area (Å²) in [5, 5.41) is 21.4. The first kappa shape index (κ1) is 17.7. The summed E-state index contributed by atoms with van der Waals surface area (Å²) in [5.41, 5.74) is -0.745. The van der Waals surface area contributed by atoms with Gasteiger partial charge in [0.25, 0.3) is 0 Å². The van der Waals surface area contributed by atoms with E-state index in [0.717, 1.165) is 36.4 Å². The smallest absolute Gasteiger partial charge is 0.352 e. The highest BCUT2D eigenvalue weighted by Gasteiger charge is 2.39. The molecule has 2 fully saturated rings. The van der Waals surface area contributed by atoms with Gasteiger partial charge in [0.15, 0.2) is 17.9 Å². The van der Waals surface area contributed by atoms with E-state index in [1.54, 1.807) is 0 Å². The fourth-order valence-corrected chi connectivity index (χ4v) is 3.21. The summed E-state index contributed by atoms with van der Waals surface area (Å²) >= 11 is 0. The third kappa shape index (κ3) is 3.35. The van der Waals surface area contributed by atoms with E-state index in [2.05, 4.69) is 16.9 Å². The van der Waals surface area contributed by atoms with Gasteiger partial charge in [0.2, 0.25) is 5.91 Å². The minimum atomic E-state index is -1.17. The lowest BCUT2D eigenvalue weighted by molar-refractivity contribution is -0.119. The number of anilines is 1. The van der Waals surface area contributed by atoms with E-state index in [9.17, 15) is 19.1 Å². The maximum Gasteiger partial charge on any atom is 0.352 e. The molecule has 0 aromatic carbocycles. The van der Waals surface area contributed by atoms with Gasteiger partial charge in [-0.1, -0.05) is 19.4 Å². The van der Waals surface area contributed by atoms with Crippen molar-refractivity contribution < 1.29 is 24.1 Å². The number of hydrogen-bond acceptors (Lipinski definition) is 6. The molecule has 1 aromatic rings. The number of hydrogen-bond donors (Lipinski definition) is 3. The summed E-state index contributed by atoms with van der Waals surface area (Å²) < 4.78 is 20.5. The number of ether oxygens (including phenoxy) is 1. The number of aromatic nitrogens is 2. The summed E-state index contributed by atoms with van der Waals surface area (Å²) in [4.78, 5) is 27.8. The van der Waals surface area contributed by atoms with Crippen LogP contribution in [0.15, 0.2) is 23.1 Å². The molecule has 9 heteroatoms. The molecule has 2 aliphatic rings. The first-order valence-electron chi connectivity index (χ1n) is 8.15. The van der Waals surface area contributed by atoms with E-state index in [0.29, 0.717) is 0 Å². The van der Waals surface area contributed by atoms with Crippen molar-refractivity contribution in [3.63, 3.8) is 0 Å². The molecule has 1 aliphatic heterocycles. The highest BCUT2D eigenvalue weighted by atomic mass is 19.1. The lowest BCUT2D eigenvalue weighted by Crippen LogP contribution is -2.31. The minimum absolute atomic E-state index is 0.116. The van der Waals surface area contributed by atoms with Gasteiger partial charge in [-0.15, -0.1) is 0 Å². The van der Waals surface area contributed by atoms with Crippen LogP contribution in [-0.2, 0) is 9.53 Å². The van der Waals surface area contributed by atoms with Gasteiger partial charge in [-0.2, -0.15) is 4.98 Å². The molecule has 0 bridgehead atoms. The van der Waals surface area contributed by atoms with Crippen molar-refractivity contribution in [1.82, 2.24) is 9.55 Å². The number of halogens is 1. The molecule has 8 nitrogen and oxygen atoms in total. The van der Waals surface area contributed by atoms with E-state index in [1.165, 1.54) is 0 Å². The van der Waals surface area contributed by atoms with Gasteiger partial charge in [-0.05, 0) is 12.8 Å². The monoisotopic (exact) mass is 353 g/mol. The van der Waals surface area contributed by atoms with Crippen molar-refractivity contribution in [2.45, 2.75) is 44.1 Å². The molecule has 3 atom stereocenters. The average Bonchev–Trinajstić information content (AvgIpc) is 3.21. The van der Waals surface area contributed by atoms with Crippen LogP contribution in [0.1, 0.15) is 31.9 Å². The second-order valence-corrected chi connectivity index (χ2v) is 6.33. The first-order valence-corrected chi connectivity index (χ1v) is 8.15. The molecule has 3 rings (SSSR count). The molecule has 1 saturated heterocycles. The van der Waals surface area contributed by atoms with Crippen LogP contribution in [0.25, 0.3) is 0 Å². The molecule has 1 saturated carbocycles. The molecule has 2 heterocycles. The van der Waals surface area contributed by atoms with E-state index in [1.807, 2.05) is 0 Å². The standard InChI is InChI=1S/C16H20FN3O5/c1-8-12(22)11(7-21)25-15(8)20-6-10(17)13(19-16(20)24)18-14(23)9-4-2-3-5-9/h6,9,11-12,15,21-22H,1-5,7H2,(H,18,19,23,24)/t11-,12+,15-/m1/s1. The predicted octanol–water partition coefficient (Wildman–Crippen LogP) is 0.318. The first-order chi connectivity index (χ1) is 11.9. The van der Waals surface area contributed by atoms with E-state index >= 15 is 0 Å². The van der Waals surface area contributed by atoms with Crippen LogP contribution in [0, 0.1) is 11.7 Å². The van der Waals surface area contributed by atoms with Crippen molar-refractivity contribution in [1.29, 1.82) is 0 Å². The Morgan fingerprint density at radius 2 is 2.16 bits per heavy atom. The second-order valence-electron chi connectivity index (χ2n) is 6.33. The highest BCUT2D eigenvalue weighted by Crippen LogP contribution is 2.32. The summed E-state index contributed by atoms with van der Waals surface area (Å²) in [5.74, 6) is -1.87. The number of aliphatic hydroxyl groups excluding tert-OH is 2. The molecular weight excluding hydrogens is 333 g/mol. The average molecular weight is 353 g/mol. The molecule has 136 valence electrons. The Morgan fingerprint density at radius 1 is 1.48 bits per heavy atom. The number of amides is 1. The maximum absolute atomic E-state index is 14.3. The Kier molecular flexibility index (Phi) is 4.98. The zero-order valence-corrected chi connectivity index (χ0v) is 13.5. The van der Waals surface area contributed by atoms with Gasteiger partial charge < -0.3 is 20.3 Å².